The lowest BCUT2D eigenvalue weighted by Crippen LogP contribution is -2.43. The molecule has 1 unspecified atom stereocenters. The Bertz CT molecular complexity index is 482. The van der Waals surface area contributed by atoms with Crippen molar-refractivity contribution >= 4 is 17.4 Å². The summed E-state index contributed by atoms with van der Waals surface area (Å²) in [6.45, 7) is 2.11. The monoisotopic (exact) mass is 291 g/mol. The van der Waals surface area contributed by atoms with Crippen LogP contribution in [0.4, 0.5) is 0 Å². The van der Waals surface area contributed by atoms with Crippen LogP contribution in [-0.2, 0) is 0 Å². The molecule has 1 aliphatic carbocycles. The van der Waals surface area contributed by atoms with Gasteiger partial charge in [-0.15, -0.1) is 0 Å². The van der Waals surface area contributed by atoms with Gasteiger partial charge in [-0.1, -0.05) is 36.6 Å². The maximum absolute atomic E-state index is 12.6. The highest BCUT2D eigenvalue weighted by Crippen LogP contribution is 2.29. The van der Waals surface area contributed by atoms with Gasteiger partial charge in [0.1, 0.15) is 0 Å². The van der Waals surface area contributed by atoms with Crippen molar-refractivity contribution in [3.05, 3.63) is 34.9 Å². The number of likely N-dealkylation sites (tertiary alicyclic amines) is 1. The van der Waals surface area contributed by atoms with Crippen molar-refractivity contribution in [2.75, 3.05) is 13.1 Å². The SMILES string of the molecule is O=C(c1cccc(Cl)c1)C1CCCN(C2CCCC2)C1. The van der Waals surface area contributed by atoms with E-state index in [0.717, 1.165) is 31.0 Å². The molecule has 2 aliphatic rings. The summed E-state index contributed by atoms with van der Waals surface area (Å²) in [5.74, 6) is 0.429. The molecule has 3 rings (SSSR count). The normalized spacial score (nSPS) is 24.9. The lowest BCUT2D eigenvalue weighted by atomic mass is 9.89. The summed E-state index contributed by atoms with van der Waals surface area (Å²) in [5, 5.41) is 0.652. The number of carbonyl (C=O) groups excluding carboxylic acids is 1. The van der Waals surface area contributed by atoms with Gasteiger partial charge in [0.25, 0.3) is 0 Å². The number of ketones is 1. The van der Waals surface area contributed by atoms with Gasteiger partial charge in [0.05, 0.1) is 0 Å². The van der Waals surface area contributed by atoms with Gasteiger partial charge in [-0.2, -0.15) is 0 Å². The molecule has 1 aliphatic heterocycles. The standard InChI is InChI=1S/C17H22ClNO/c18-15-7-3-5-13(11-15)17(20)14-6-4-10-19(12-14)16-8-1-2-9-16/h3,5,7,11,14,16H,1-2,4,6,8-10,12H2. The largest absolute Gasteiger partial charge is 0.300 e. The predicted octanol–water partition coefficient (Wildman–Crippen LogP) is 4.18. The average Bonchev–Trinajstić information content (AvgIpc) is 3.01. The molecular formula is C17H22ClNO. The third-order valence-electron chi connectivity index (χ3n) is 4.77. The summed E-state index contributed by atoms with van der Waals surface area (Å²) in [7, 11) is 0. The van der Waals surface area contributed by atoms with E-state index in [1.165, 1.54) is 32.2 Å². The first-order valence-corrected chi connectivity index (χ1v) is 8.15. The number of piperidine rings is 1. The molecule has 1 saturated heterocycles. The molecule has 1 aromatic rings. The zero-order valence-corrected chi connectivity index (χ0v) is 12.6. The van der Waals surface area contributed by atoms with Crippen LogP contribution in [0.5, 0.6) is 0 Å². The maximum atomic E-state index is 12.6. The Morgan fingerprint density at radius 1 is 1.15 bits per heavy atom. The minimum Gasteiger partial charge on any atom is -0.300 e. The van der Waals surface area contributed by atoms with Crippen molar-refractivity contribution in [3.8, 4) is 0 Å². The molecule has 108 valence electrons. The van der Waals surface area contributed by atoms with Crippen molar-refractivity contribution in [3.63, 3.8) is 0 Å². The van der Waals surface area contributed by atoms with E-state index in [-0.39, 0.29) is 11.7 Å². The van der Waals surface area contributed by atoms with Crippen LogP contribution >= 0.6 is 11.6 Å². The van der Waals surface area contributed by atoms with Gasteiger partial charge in [0.2, 0.25) is 0 Å². The number of carbonyl (C=O) groups is 1. The van der Waals surface area contributed by atoms with Gasteiger partial charge in [0.15, 0.2) is 5.78 Å². The van der Waals surface area contributed by atoms with E-state index in [4.69, 9.17) is 11.6 Å². The quantitative estimate of drug-likeness (QED) is 0.779. The van der Waals surface area contributed by atoms with E-state index >= 15 is 0 Å². The van der Waals surface area contributed by atoms with E-state index in [1.807, 2.05) is 18.2 Å². The third-order valence-corrected chi connectivity index (χ3v) is 5.01. The molecule has 2 nitrogen and oxygen atoms in total. The number of Topliss-reactive ketones (excluding diaryl/α,β-unsaturated/α-hetero) is 1. The predicted molar refractivity (Wildman–Crippen MR) is 82.3 cm³/mol. The van der Waals surface area contributed by atoms with E-state index in [9.17, 15) is 4.79 Å². The average molecular weight is 292 g/mol. The summed E-state index contributed by atoms with van der Waals surface area (Å²) >= 11 is 6.00. The van der Waals surface area contributed by atoms with Crippen LogP contribution in [0.25, 0.3) is 0 Å². The van der Waals surface area contributed by atoms with Crippen molar-refractivity contribution in [2.24, 2.45) is 5.92 Å². The van der Waals surface area contributed by atoms with Gasteiger partial charge in [-0.25, -0.2) is 0 Å². The highest BCUT2D eigenvalue weighted by molar-refractivity contribution is 6.31. The lowest BCUT2D eigenvalue weighted by Gasteiger charge is -2.36. The highest BCUT2D eigenvalue weighted by atomic mass is 35.5. The number of hydrogen-bond acceptors (Lipinski definition) is 2. The van der Waals surface area contributed by atoms with Gasteiger partial charge in [-0.3, -0.25) is 9.69 Å². The van der Waals surface area contributed by atoms with Gasteiger partial charge < -0.3 is 0 Å². The summed E-state index contributed by atoms with van der Waals surface area (Å²) in [5.41, 5.74) is 0.774. The Hall–Kier alpha value is -0.860. The van der Waals surface area contributed by atoms with Crippen LogP contribution in [-0.4, -0.2) is 29.8 Å². The van der Waals surface area contributed by atoms with Crippen LogP contribution in [0, 0.1) is 5.92 Å². The van der Waals surface area contributed by atoms with Gasteiger partial charge in [-0.05, 0) is 44.4 Å². The summed E-state index contributed by atoms with van der Waals surface area (Å²) in [6.07, 6.45) is 7.51. The molecule has 0 amide bonds. The molecule has 1 saturated carbocycles. The minimum absolute atomic E-state index is 0.155. The zero-order chi connectivity index (χ0) is 13.9. The van der Waals surface area contributed by atoms with Crippen molar-refractivity contribution in [2.45, 2.75) is 44.6 Å². The molecule has 0 aromatic heterocycles. The van der Waals surface area contributed by atoms with Crippen LogP contribution < -0.4 is 0 Å². The van der Waals surface area contributed by atoms with Crippen LogP contribution in [0.2, 0.25) is 5.02 Å². The summed E-state index contributed by atoms with van der Waals surface area (Å²) < 4.78 is 0. The fourth-order valence-corrected chi connectivity index (χ4v) is 3.89. The van der Waals surface area contributed by atoms with E-state index in [0.29, 0.717) is 5.02 Å². The molecule has 2 fully saturated rings. The molecule has 0 spiro atoms. The fourth-order valence-electron chi connectivity index (χ4n) is 3.70. The number of rotatable bonds is 3. The second kappa shape index (κ2) is 6.28. The van der Waals surface area contributed by atoms with Crippen molar-refractivity contribution < 1.29 is 4.79 Å². The molecule has 0 N–H and O–H groups in total. The first-order chi connectivity index (χ1) is 9.74. The Balaban J connectivity index is 1.68. The third kappa shape index (κ3) is 3.07. The number of halogens is 1. The van der Waals surface area contributed by atoms with Crippen LogP contribution in [0.15, 0.2) is 24.3 Å². The van der Waals surface area contributed by atoms with E-state index in [1.54, 1.807) is 6.07 Å². The molecule has 0 radical (unpaired) electrons. The molecule has 20 heavy (non-hydrogen) atoms. The molecule has 3 heteroatoms. The van der Waals surface area contributed by atoms with E-state index < -0.39 is 0 Å². The van der Waals surface area contributed by atoms with Gasteiger partial charge in [0, 0.05) is 29.1 Å². The first kappa shape index (κ1) is 14.1. The molecule has 1 heterocycles. The summed E-state index contributed by atoms with van der Waals surface area (Å²) in [6, 6.07) is 8.11. The molecule has 0 bridgehead atoms. The number of benzene rings is 1. The maximum Gasteiger partial charge on any atom is 0.167 e. The van der Waals surface area contributed by atoms with Gasteiger partial charge >= 0.3 is 0 Å². The summed E-state index contributed by atoms with van der Waals surface area (Å²) in [4.78, 5) is 15.2. The van der Waals surface area contributed by atoms with Crippen LogP contribution in [0.3, 0.4) is 0 Å². The number of nitrogens with zero attached hydrogens (tertiary/aromatic N) is 1. The second-order valence-electron chi connectivity index (χ2n) is 6.15. The zero-order valence-electron chi connectivity index (χ0n) is 11.9. The van der Waals surface area contributed by atoms with E-state index in [2.05, 4.69) is 4.90 Å². The fraction of sp³-hybridized carbons (Fsp3) is 0.588. The first-order valence-electron chi connectivity index (χ1n) is 7.78. The minimum atomic E-state index is 0.155. The second-order valence-corrected chi connectivity index (χ2v) is 6.58. The molecular weight excluding hydrogens is 270 g/mol. The Morgan fingerprint density at radius 3 is 2.70 bits per heavy atom. The number of hydrogen-bond donors (Lipinski definition) is 0. The topological polar surface area (TPSA) is 20.3 Å². The highest BCUT2D eigenvalue weighted by Gasteiger charge is 2.31. The molecule has 1 atom stereocenters. The Labute approximate surface area is 126 Å². The lowest BCUT2D eigenvalue weighted by molar-refractivity contribution is 0.0757. The Morgan fingerprint density at radius 2 is 1.95 bits per heavy atom. The Kier molecular flexibility index (Phi) is 4.42. The smallest absolute Gasteiger partial charge is 0.167 e. The van der Waals surface area contributed by atoms with Crippen LogP contribution in [0.1, 0.15) is 48.9 Å². The van der Waals surface area contributed by atoms with Crippen molar-refractivity contribution in [1.29, 1.82) is 0 Å². The molecule has 1 aromatic carbocycles. The van der Waals surface area contributed by atoms with Crippen molar-refractivity contribution in [1.82, 2.24) is 4.90 Å².